The molecular formula is C22H27BrN2O3. The summed E-state index contributed by atoms with van der Waals surface area (Å²) in [7, 11) is 1.59. The minimum Gasteiger partial charge on any atom is -0.383 e. The molecule has 3 rings (SSSR count). The third kappa shape index (κ3) is 5.32. The summed E-state index contributed by atoms with van der Waals surface area (Å²) >= 11 is 3.48. The molecule has 1 saturated carbocycles. The second-order valence-electron chi connectivity index (χ2n) is 7.54. The number of nitrogens with zero attached hydrogens (tertiary/aromatic N) is 1. The van der Waals surface area contributed by atoms with E-state index in [9.17, 15) is 9.59 Å². The van der Waals surface area contributed by atoms with E-state index in [1.165, 1.54) is 22.6 Å². The number of aromatic nitrogens is 1. The Morgan fingerprint density at radius 1 is 1.14 bits per heavy atom. The molecule has 0 bridgehead atoms. The number of ether oxygens (including phenoxy) is 1. The maximum absolute atomic E-state index is 13.0. The zero-order valence-corrected chi connectivity index (χ0v) is 17.8. The van der Waals surface area contributed by atoms with E-state index < -0.39 is 0 Å². The number of hydrogen-bond donors (Lipinski definition) is 1. The normalized spacial score (nSPS) is 15.9. The van der Waals surface area contributed by atoms with Crippen molar-refractivity contribution < 1.29 is 9.53 Å². The molecule has 150 valence electrons. The van der Waals surface area contributed by atoms with Gasteiger partial charge in [0.1, 0.15) is 0 Å². The van der Waals surface area contributed by atoms with Gasteiger partial charge in [-0.3, -0.25) is 9.59 Å². The van der Waals surface area contributed by atoms with Crippen LogP contribution in [0.5, 0.6) is 0 Å². The van der Waals surface area contributed by atoms with Crippen LogP contribution in [0, 0.1) is 0 Å². The SMILES string of the molecule is COCCn1cc(C(=O)NC2(Cc3ccc(Br)cc3)CCCCC2)ccc1=O. The van der Waals surface area contributed by atoms with Gasteiger partial charge in [-0.05, 0) is 43.0 Å². The molecular weight excluding hydrogens is 420 g/mol. The predicted octanol–water partition coefficient (Wildman–Crippen LogP) is 3.93. The van der Waals surface area contributed by atoms with Crippen molar-refractivity contribution >= 4 is 21.8 Å². The Labute approximate surface area is 174 Å². The van der Waals surface area contributed by atoms with Crippen molar-refractivity contribution in [2.75, 3.05) is 13.7 Å². The fraction of sp³-hybridized carbons (Fsp3) is 0.455. The lowest BCUT2D eigenvalue weighted by Crippen LogP contribution is -2.51. The lowest BCUT2D eigenvalue weighted by atomic mass is 9.77. The number of benzene rings is 1. The molecule has 28 heavy (non-hydrogen) atoms. The van der Waals surface area contributed by atoms with E-state index in [1.54, 1.807) is 19.4 Å². The minimum absolute atomic E-state index is 0.120. The van der Waals surface area contributed by atoms with Crippen LogP contribution in [0.15, 0.2) is 51.9 Å². The van der Waals surface area contributed by atoms with E-state index in [0.717, 1.165) is 36.6 Å². The van der Waals surface area contributed by atoms with E-state index >= 15 is 0 Å². The lowest BCUT2D eigenvalue weighted by molar-refractivity contribution is 0.0867. The predicted molar refractivity (Wildman–Crippen MR) is 114 cm³/mol. The highest BCUT2D eigenvalue weighted by Gasteiger charge is 2.34. The molecule has 2 aromatic rings. The largest absolute Gasteiger partial charge is 0.383 e. The number of carbonyl (C=O) groups is 1. The van der Waals surface area contributed by atoms with E-state index in [2.05, 4.69) is 33.4 Å². The van der Waals surface area contributed by atoms with Crippen molar-refractivity contribution in [2.45, 2.75) is 50.6 Å². The number of methoxy groups -OCH3 is 1. The van der Waals surface area contributed by atoms with Gasteiger partial charge >= 0.3 is 0 Å². The Kier molecular flexibility index (Phi) is 7.08. The van der Waals surface area contributed by atoms with Crippen LogP contribution in [0.1, 0.15) is 48.0 Å². The summed E-state index contributed by atoms with van der Waals surface area (Å²) in [5, 5.41) is 3.32. The van der Waals surface area contributed by atoms with Gasteiger partial charge in [0.15, 0.2) is 0 Å². The van der Waals surface area contributed by atoms with Gasteiger partial charge in [0, 0.05) is 35.9 Å². The van der Waals surface area contributed by atoms with Crippen LogP contribution in [0.3, 0.4) is 0 Å². The van der Waals surface area contributed by atoms with Crippen LogP contribution in [0.25, 0.3) is 0 Å². The summed E-state index contributed by atoms with van der Waals surface area (Å²) < 4.78 is 7.63. The minimum atomic E-state index is -0.239. The molecule has 0 aliphatic heterocycles. The smallest absolute Gasteiger partial charge is 0.253 e. The molecule has 0 unspecified atom stereocenters. The Morgan fingerprint density at radius 3 is 2.54 bits per heavy atom. The molecule has 0 atom stereocenters. The molecule has 1 heterocycles. The van der Waals surface area contributed by atoms with Gasteiger partial charge in [-0.25, -0.2) is 0 Å². The first-order chi connectivity index (χ1) is 13.5. The zero-order valence-electron chi connectivity index (χ0n) is 16.2. The van der Waals surface area contributed by atoms with Crippen molar-refractivity contribution in [1.29, 1.82) is 0 Å². The number of rotatable bonds is 7. The zero-order chi connectivity index (χ0) is 20.0. The fourth-order valence-electron chi connectivity index (χ4n) is 3.91. The van der Waals surface area contributed by atoms with Gasteiger partial charge in [0.2, 0.25) is 0 Å². The fourth-order valence-corrected chi connectivity index (χ4v) is 4.17. The molecule has 5 nitrogen and oxygen atoms in total. The van der Waals surface area contributed by atoms with E-state index in [-0.39, 0.29) is 17.0 Å². The molecule has 0 radical (unpaired) electrons. The second-order valence-corrected chi connectivity index (χ2v) is 8.46. The van der Waals surface area contributed by atoms with Crippen LogP contribution in [-0.2, 0) is 17.7 Å². The highest BCUT2D eigenvalue weighted by Crippen LogP contribution is 2.32. The molecule has 1 aliphatic rings. The van der Waals surface area contributed by atoms with Crippen LogP contribution >= 0.6 is 15.9 Å². The Balaban J connectivity index is 1.79. The summed E-state index contributed by atoms with van der Waals surface area (Å²) in [5.74, 6) is -0.120. The van der Waals surface area contributed by atoms with Crippen LogP contribution in [-0.4, -0.2) is 29.7 Å². The first kappa shape index (κ1) is 20.8. The van der Waals surface area contributed by atoms with Gasteiger partial charge < -0.3 is 14.6 Å². The maximum atomic E-state index is 13.0. The third-order valence-corrected chi connectivity index (χ3v) is 5.96. The van der Waals surface area contributed by atoms with E-state index in [1.807, 2.05) is 12.1 Å². The standard InChI is InChI=1S/C22H27BrN2O3/c1-28-14-13-25-16-18(7-10-20(25)26)21(27)24-22(11-3-2-4-12-22)15-17-5-8-19(23)9-6-17/h5-10,16H,2-4,11-15H2,1H3,(H,24,27). The first-order valence-corrected chi connectivity index (χ1v) is 10.6. The molecule has 1 fully saturated rings. The van der Waals surface area contributed by atoms with Crippen molar-refractivity contribution in [3.05, 3.63) is 68.5 Å². The van der Waals surface area contributed by atoms with Crippen molar-refractivity contribution in [3.8, 4) is 0 Å². The van der Waals surface area contributed by atoms with Crippen LogP contribution in [0.2, 0.25) is 0 Å². The van der Waals surface area contributed by atoms with Gasteiger partial charge in [-0.2, -0.15) is 0 Å². The third-order valence-electron chi connectivity index (χ3n) is 5.43. The average Bonchev–Trinajstić information content (AvgIpc) is 2.69. The summed E-state index contributed by atoms with van der Waals surface area (Å²) in [6.07, 6.45) is 7.83. The number of halogens is 1. The molecule has 1 N–H and O–H groups in total. The van der Waals surface area contributed by atoms with Gasteiger partial charge in [-0.1, -0.05) is 47.3 Å². The summed E-state index contributed by atoms with van der Waals surface area (Å²) in [5.41, 5.74) is 1.36. The number of amides is 1. The average molecular weight is 447 g/mol. The quantitative estimate of drug-likeness (QED) is 0.700. The second kappa shape index (κ2) is 9.52. The molecule has 1 aliphatic carbocycles. The van der Waals surface area contributed by atoms with Crippen LogP contribution < -0.4 is 10.9 Å². The first-order valence-electron chi connectivity index (χ1n) is 9.78. The maximum Gasteiger partial charge on any atom is 0.253 e. The number of nitrogens with one attached hydrogen (secondary N) is 1. The molecule has 6 heteroatoms. The van der Waals surface area contributed by atoms with Gasteiger partial charge in [0.05, 0.1) is 12.2 Å². The highest BCUT2D eigenvalue weighted by molar-refractivity contribution is 9.10. The van der Waals surface area contributed by atoms with Gasteiger partial charge in [0.25, 0.3) is 11.5 Å². The summed E-state index contributed by atoms with van der Waals surface area (Å²) in [4.78, 5) is 25.0. The van der Waals surface area contributed by atoms with Crippen molar-refractivity contribution in [1.82, 2.24) is 9.88 Å². The molecule has 1 aromatic carbocycles. The molecule has 0 saturated heterocycles. The number of carbonyl (C=O) groups excluding carboxylic acids is 1. The molecule has 1 amide bonds. The van der Waals surface area contributed by atoms with E-state index in [4.69, 9.17) is 4.74 Å². The summed E-state index contributed by atoms with van der Waals surface area (Å²) in [6.45, 7) is 0.860. The van der Waals surface area contributed by atoms with Crippen LogP contribution in [0.4, 0.5) is 0 Å². The van der Waals surface area contributed by atoms with Crippen molar-refractivity contribution in [3.63, 3.8) is 0 Å². The molecule has 0 spiro atoms. The lowest BCUT2D eigenvalue weighted by Gasteiger charge is -2.38. The highest BCUT2D eigenvalue weighted by atomic mass is 79.9. The van der Waals surface area contributed by atoms with Gasteiger partial charge in [-0.15, -0.1) is 0 Å². The summed E-state index contributed by atoms with van der Waals surface area (Å²) in [6, 6.07) is 11.4. The topological polar surface area (TPSA) is 60.3 Å². The Morgan fingerprint density at radius 2 is 1.86 bits per heavy atom. The molecule has 1 aromatic heterocycles. The number of hydrogen-bond acceptors (Lipinski definition) is 3. The number of pyridine rings is 1. The Hall–Kier alpha value is -1.92. The Bertz CT molecular complexity index is 855. The van der Waals surface area contributed by atoms with E-state index in [0.29, 0.717) is 18.7 Å². The monoisotopic (exact) mass is 446 g/mol. The van der Waals surface area contributed by atoms with Crippen molar-refractivity contribution in [2.24, 2.45) is 0 Å².